The third-order valence-corrected chi connectivity index (χ3v) is 2.86. The average Bonchev–Trinajstić information content (AvgIpc) is 3.11. The van der Waals surface area contributed by atoms with E-state index in [2.05, 4.69) is 5.32 Å². The van der Waals surface area contributed by atoms with Crippen LogP contribution in [0.1, 0.15) is 19.8 Å². The van der Waals surface area contributed by atoms with E-state index in [0.717, 1.165) is 0 Å². The zero-order valence-electron chi connectivity index (χ0n) is 9.76. The van der Waals surface area contributed by atoms with Gasteiger partial charge in [0.25, 0.3) is 5.91 Å². The van der Waals surface area contributed by atoms with E-state index in [-0.39, 0.29) is 24.4 Å². The summed E-state index contributed by atoms with van der Waals surface area (Å²) >= 11 is 0. The minimum atomic E-state index is -0.187. The minimum absolute atomic E-state index is 0.122. The predicted molar refractivity (Wildman–Crippen MR) is 61.2 cm³/mol. The number of aromatic nitrogens is 1. The number of carbonyl (C=O) groups is 1. The second-order valence-electron chi connectivity index (χ2n) is 4.35. The summed E-state index contributed by atoms with van der Waals surface area (Å²) in [5.41, 5.74) is 0. The number of hydrogen-bond acceptors (Lipinski definition) is 3. The molecule has 1 heterocycles. The Morgan fingerprint density at radius 3 is 3.06 bits per heavy atom. The zero-order chi connectivity index (χ0) is 12.3. The molecule has 0 spiro atoms. The van der Waals surface area contributed by atoms with Crippen molar-refractivity contribution in [1.29, 1.82) is 0 Å². The number of ether oxygens (including phenoxy) is 1. The molecule has 5 nitrogen and oxygen atoms in total. The molecular formula is C12H16N2O3. The van der Waals surface area contributed by atoms with Crippen LogP contribution in [0.2, 0.25) is 0 Å². The molecule has 1 aliphatic carbocycles. The molecule has 0 aliphatic heterocycles. The van der Waals surface area contributed by atoms with Crippen molar-refractivity contribution in [2.75, 3.05) is 6.61 Å². The number of nitrogens with one attached hydrogen (secondary N) is 1. The highest BCUT2D eigenvalue weighted by atomic mass is 16.6. The second kappa shape index (κ2) is 5.03. The van der Waals surface area contributed by atoms with Crippen molar-refractivity contribution >= 4 is 5.91 Å². The molecule has 1 aromatic rings. The SMILES string of the molecule is CC(NC(=O)COc1cccc[n+]1[O-])C1CC1. The molecule has 17 heavy (non-hydrogen) atoms. The fraction of sp³-hybridized carbons (Fsp3) is 0.500. The van der Waals surface area contributed by atoms with Crippen LogP contribution in [0, 0.1) is 11.1 Å². The Labute approximate surface area is 100.0 Å². The fourth-order valence-corrected chi connectivity index (χ4v) is 1.67. The highest BCUT2D eigenvalue weighted by Crippen LogP contribution is 2.32. The number of nitrogens with zero attached hydrogens (tertiary/aromatic N) is 1. The van der Waals surface area contributed by atoms with Crippen LogP contribution in [0.5, 0.6) is 5.88 Å². The Hall–Kier alpha value is -1.78. The van der Waals surface area contributed by atoms with Gasteiger partial charge in [-0.3, -0.25) is 4.79 Å². The Bertz CT molecular complexity index is 404. The van der Waals surface area contributed by atoms with Gasteiger partial charge in [-0.15, -0.1) is 4.73 Å². The van der Waals surface area contributed by atoms with Gasteiger partial charge in [0.1, 0.15) is 0 Å². The van der Waals surface area contributed by atoms with Gasteiger partial charge in [0, 0.05) is 12.1 Å². The summed E-state index contributed by atoms with van der Waals surface area (Å²) in [4.78, 5) is 11.5. The maximum absolute atomic E-state index is 11.5. The maximum Gasteiger partial charge on any atom is 0.379 e. The predicted octanol–water partition coefficient (Wildman–Crippen LogP) is 0.613. The lowest BCUT2D eigenvalue weighted by Crippen LogP contribution is -2.38. The Morgan fingerprint density at radius 1 is 1.65 bits per heavy atom. The van der Waals surface area contributed by atoms with Crippen molar-refractivity contribution < 1.29 is 14.3 Å². The van der Waals surface area contributed by atoms with Crippen LogP contribution < -0.4 is 14.8 Å². The normalized spacial score (nSPS) is 16.3. The molecule has 92 valence electrons. The molecule has 1 N–H and O–H groups in total. The molecule has 0 aromatic carbocycles. The Kier molecular flexibility index (Phi) is 3.46. The van der Waals surface area contributed by atoms with Gasteiger partial charge in [-0.25, -0.2) is 0 Å². The number of carbonyl (C=O) groups excluding carboxylic acids is 1. The number of rotatable bonds is 5. The van der Waals surface area contributed by atoms with Gasteiger partial charge in [0.2, 0.25) is 0 Å². The van der Waals surface area contributed by atoms with Crippen LogP contribution in [0.3, 0.4) is 0 Å². The number of pyridine rings is 1. The van der Waals surface area contributed by atoms with Gasteiger partial charge in [0.05, 0.1) is 6.07 Å². The molecule has 1 saturated carbocycles. The molecule has 1 aliphatic rings. The van der Waals surface area contributed by atoms with Crippen molar-refractivity contribution in [2.24, 2.45) is 5.92 Å². The van der Waals surface area contributed by atoms with Gasteiger partial charge in [-0.1, -0.05) is 0 Å². The van der Waals surface area contributed by atoms with E-state index >= 15 is 0 Å². The first-order valence-electron chi connectivity index (χ1n) is 5.77. The standard InChI is InChI=1S/C12H16N2O3/c1-9(10-5-6-10)13-11(15)8-17-12-4-2-3-7-14(12)16/h2-4,7,9-10H,5-6,8H2,1H3,(H,13,15). The molecule has 1 amide bonds. The van der Waals surface area contributed by atoms with E-state index in [9.17, 15) is 10.0 Å². The molecule has 1 atom stereocenters. The van der Waals surface area contributed by atoms with Gasteiger partial charge < -0.3 is 15.3 Å². The van der Waals surface area contributed by atoms with Gasteiger partial charge in [-0.05, 0) is 31.7 Å². The highest BCUT2D eigenvalue weighted by molar-refractivity contribution is 5.77. The first-order valence-corrected chi connectivity index (χ1v) is 5.77. The lowest BCUT2D eigenvalue weighted by atomic mass is 10.2. The lowest BCUT2D eigenvalue weighted by molar-refractivity contribution is -0.612. The van der Waals surface area contributed by atoms with E-state index in [0.29, 0.717) is 10.6 Å². The third-order valence-electron chi connectivity index (χ3n) is 2.86. The van der Waals surface area contributed by atoms with E-state index < -0.39 is 0 Å². The number of amides is 1. The van der Waals surface area contributed by atoms with E-state index in [1.165, 1.54) is 25.1 Å². The molecule has 0 bridgehead atoms. The van der Waals surface area contributed by atoms with Crippen LogP contribution in [0.15, 0.2) is 24.4 Å². The number of hydrogen-bond donors (Lipinski definition) is 1. The Morgan fingerprint density at radius 2 is 2.41 bits per heavy atom. The largest absolute Gasteiger partial charge is 0.616 e. The van der Waals surface area contributed by atoms with E-state index in [1.54, 1.807) is 12.1 Å². The van der Waals surface area contributed by atoms with Crippen LogP contribution in [0.25, 0.3) is 0 Å². The molecule has 5 heteroatoms. The quantitative estimate of drug-likeness (QED) is 0.602. The van der Waals surface area contributed by atoms with Crippen molar-refractivity contribution in [3.63, 3.8) is 0 Å². The minimum Gasteiger partial charge on any atom is -0.616 e. The average molecular weight is 236 g/mol. The van der Waals surface area contributed by atoms with Gasteiger partial charge >= 0.3 is 5.88 Å². The van der Waals surface area contributed by atoms with Gasteiger partial charge in [0.15, 0.2) is 12.8 Å². The smallest absolute Gasteiger partial charge is 0.379 e. The maximum atomic E-state index is 11.5. The summed E-state index contributed by atoms with van der Waals surface area (Å²) in [5.74, 6) is 0.565. The summed E-state index contributed by atoms with van der Waals surface area (Å²) in [6.07, 6.45) is 3.70. The van der Waals surface area contributed by atoms with Crippen LogP contribution in [0.4, 0.5) is 0 Å². The molecule has 0 saturated heterocycles. The topological polar surface area (TPSA) is 65.3 Å². The summed E-state index contributed by atoms with van der Waals surface area (Å²) in [6, 6.07) is 5.02. The van der Waals surface area contributed by atoms with Crippen LogP contribution >= 0.6 is 0 Å². The molecule has 1 fully saturated rings. The van der Waals surface area contributed by atoms with E-state index in [4.69, 9.17) is 4.74 Å². The van der Waals surface area contributed by atoms with Crippen molar-refractivity contribution in [1.82, 2.24) is 5.32 Å². The monoisotopic (exact) mass is 236 g/mol. The van der Waals surface area contributed by atoms with E-state index in [1.807, 2.05) is 6.92 Å². The van der Waals surface area contributed by atoms with Crippen molar-refractivity contribution in [3.05, 3.63) is 29.6 Å². The summed E-state index contributed by atoms with van der Waals surface area (Å²) < 4.78 is 5.73. The molecule has 0 radical (unpaired) electrons. The highest BCUT2D eigenvalue weighted by Gasteiger charge is 2.28. The van der Waals surface area contributed by atoms with Crippen LogP contribution in [-0.2, 0) is 4.79 Å². The second-order valence-corrected chi connectivity index (χ2v) is 4.35. The molecule has 1 aromatic heterocycles. The Balaban J connectivity index is 1.77. The van der Waals surface area contributed by atoms with Gasteiger partial charge in [-0.2, -0.15) is 0 Å². The van der Waals surface area contributed by atoms with Crippen molar-refractivity contribution in [2.45, 2.75) is 25.8 Å². The summed E-state index contributed by atoms with van der Waals surface area (Å²) in [6.45, 7) is 1.87. The first kappa shape index (κ1) is 11.7. The van der Waals surface area contributed by atoms with Crippen molar-refractivity contribution in [3.8, 4) is 5.88 Å². The summed E-state index contributed by atoms with van der Waals surface area (Å²) in [5, 5.41) is 14.1. The fourth-order valence-electron chi connectivity index (χ4n) is 1.67. The molecule has 1 unspecified atom stereocenters. The summed E-state index contributed by atoms with van der Waals surface area (Å²) in [7, 11) is 0. The molecular weight excluding hydrogens is 220 g/mol. The third kappa shape index (κ3) is 3.34. The zero-order valence-corrected chi connectivity index (χ0v) is 9.76. The van der Waals surface area contributed by atoms with Crippen LogP contribution in [-0.4, -0.2) is 18.6 Å². The first-order chi connectivity index (χ1) is 8.16. The molecule has 2 rings (SSSR count). The lowest BCUT2D eigenvalue weighted by Gasteiger charge is -2.12.